The fraction of sp³-hybridized carbons (Fsp3) is 0.375. The van der Waals surface area contributed by atoms with Crippen LogP contribution in [0.25, 0.3) is 10.6 Å². The summed E-state index contributed by atoms with van der Waals surface area (Å²) in [6.45, 7) is 1.25. The van der Waals surface area contributed by atoms with Crippen molar-refractivity contribution in [3.8, 4) is 10.6 Å². The molecule has 1 aromatic carbocycles. The van der Waals surface area contributed by atoms with Crippen LogP contribution >= 0.6 is 34.5 Å². The van der Waals surface area contributed by atoms with Crippen LogP contribution in [0.15, 0.2) is 23.6 Å². The Balaban J connectivity index is 1.83. The second-order valence-corrected chi connectivity index (χ2v) is 7.22. The molecule has 3 rings (SSSR count). The standard InChI is InChI=1S/C16H17Cl2N3OS/c17-12-5-4-10(7-13(12)18)15-20-14(9-23-15)16(22)21-6-2-1-3-11(21)8-19/h4-5,7,9,11H,1-3,6,8,19H2. The topological polar surface area (TPSA) is 59.2 Å². The summed E-state index contributed by atoms with van der Waals surface area (Å²) in [5, 5.41) is 3.53. The molecule has 0 bridgehead atoms. The van der Waals surface area contributed by atoms with Crippen molar-refractivity contribution in [1.82, 2.24) is 9.88 Å². The van der Waals surface area contributed by atoms with Gasteiger partial charge in [-0.2, -0.15) is 0 Å². The molecule has 0 saturated carbocycles. The lowest BCUT2D eigenvalue weighted by molar-refractivity contribution is 0.0618. The van der Waals surface area contributed by atoms with E-state index in [1.807, 2.05) is 11.0 Å². The lowest BCUT2D eigenvalue weighted by Crippen LogP contribution is -2.47. The van der Waals surface area contributed by atoms with Gasteiger partial charge >= 0.3 is 0 Å². The summed E-state index contributed by atoms with van der Waals surface area (Å²) in [6.07, 6.45) is 3.11. The van der Waals surface area contributed by atoms with E-state index in [0.717, 1.165) is 36.4 Å². The average Bonchev–Trinajstić information content (AvgIpc) is 3.06. The van der Waals surface area contributed by atoms with Crippen molar-refractivity contribution in [2.75, 3.05) is 13.1 Å². The number of piperidine rings is 1. The average molecular weight is 370 g/mol. The van der Waals surface area contributed by atoms with Crippen LogP contribution in [0.4, 0.5) is 0 Å². The van der Waals surface area contributed by atoms with Crippen LogP contribution in [0.3, 0.4) is 0 Å². The highest BCUT2D eigenvalue weighted by molar-refractivity contribution is 7.13. The molecular weight excluding hydrogens is 353 g/mol. The summed E-state index contributed by atoms with van der Waals surface area (Å²) < 4.78 is 0. The molecule has 0 aliphatic carbocycles. The molecule has 1 aliphatic heterocycles. The third-order valence-electron chi connectivity index (χ3n) is 4.05. The number of nitrogens with two attached hydrogens (primary N) is 1. The van der Waals surface area contributed by atoms with E-state index in [1.54, 1.807) is 17.5 Å². The number of amides is 1. The van der Waals surface area contributed by atoms with Crippen LogP contribution in [-0.4, -0.2) is 34.9 Å². The normalized spacial score (nSPS) is 18.2. The van der Waals surface area contributed by atoms with Gasteiger partial charge in [0, 0.05) is 30.1 Å². The number of halogens is 2. The third kappa shape index (κ3) is 3.53. The maximum absolute atomic E-state index is 12.7. The van der Waals surface area contributed by atoms with Gasteiger partial charge in [0.1, 0.15) is 10.7 Å². The van der Waals surface area contributed by atoms with E-state index in [2.05, 4.69) is 4.98 Å². The SMILES string of the molecule is NCC1CCCCN1C(=O)c1csc(-c2ccc(Cl)c(Cl)c2)n1. The first-order chi connectivity index (χ1) is 11.1. The molecule has 1 atom stereocenters. The Morgan fingerprint density at radius 1 is 1.35 bits per heavy atom. The zero-order chi connectivity index (χ0) is 16.4. The number of carbonyl (C=O) groups excluding carboxylic acids is 1. The highest BCUT2D eigenvalue weighted by atomic mass is 35.5. The molecule has 2 heterocycles. The molecule has 2 N–H and O–H groups in total. The number of rotatable bonds is 3. The van der Waals surface area contributed by atoms with Crippen LogP contribution in [0, 0.1) is 0 Å². The number of carbonyl (C=O) groups is 1. The molecule has 1 aliphatic rings. The second-order valence-electron chi connectivity index (χ2n) is 5.55. The van der Waals surface area contributed by atoms with Crippen molar-refractivity contribution in [3.05, 3.63) is 39.3 Å². The predicted octanol–water partition coefficient (Wildman–Crippen LogP) is 4.07. The van der Waals surface area contributed by atoms with Gasteiger partial charge in [0.2, 0.25) is 0 Å². The van der Waals surface area contributed by atoms with E-state index in [4.69, 9.17) is 28.9 Å². The van der Waals surface area contributed by atoms with E-state index in [0.29, 0.717) is 22.3 Å². The van der Waals surface area contributed by atoms with Gasteiger partial charge in [-0.25, -0.2) is 4.98 Å². The van der Waals surface area contributed by atoms with E-state index in [9.17, 15) is 4.79 Å². The summed E-state index contributed by atoms with van der Waals surface area (Å²) in [6, 6.07) is 5.47. The molecule has 0 spiro atoms. The van der Waals surface area contributed by atoms with Crippen LogP contribution in [0.5, 0.6) is 0 Å². The molecule has 1 aromatic heterocycles. The van der Waals surface area contributed by atoms with Gasteiger partial charge in [0.25, 0.3) is 5.91 Å². The fourth-order valence-corrected chi connectivity index (χ4v) is 3.88. The zero-order valence-electron chi connectivity index (χ0n) is 12.5. The molecule has 1 fully saturated rings. The predicted molar refractivity (Wildman–Crippen MR) is 95.3 cm³/mol. The molecule has 7 heteroatoms. The molecular formula is C16H17Cl2N3OS. The Bertz CT molecular complexity index is 719. The molecule has 23 heavy (non-hydrogen) atoms. The van der Waals surface area contributed by atoms with Gasteiger partial charge in [-0.15, -0.1) is 11.3 Å². The van der Waals surface area contributed by atoms with E-state index < -0.39 is 0 Å². The van der Waals surface area contributed by atoms with Crippen molar-refractivity contribution in [1.29, 1.82) is 0 Å². The summed E-state index contributed by atoms with van der Waals surface area (Å²) >= 11 is 13.4. The first-order valence-electron chi connectivity index (χ1n) is 7.52. The van der Waals surface area contributed by atoms with Gasteiger partial charge in [-0.1, -0.05) is 29.3 Å². The minimum atomic E-state index is -0.0392. The molecule has 4 nitrogen and oxygen atoms in total. The van der Waals surface area contributed by atoms with Gasteiger partial charge < -0.3 is 10.6 Å². The number of benzene rings is 1. The largest absolute Gasteiger partial charge is 0.333 e. The van der Waals surface area contributed by atoms with Crippen LogP contribution in [0.2, 0.25) is 10.0 Å². The minimum absolute atomic E-state index is 0.0392. The first kappa shape index (κ1) is 16.7. The number of nitrogens with zero attached hydrogens (tertiary/aromatic N) is 2. The van der Waals surface area contributed by atoms with E-state index in [1.165, 1.54) is 11.3 Å². The Kier molecular flexibility index (Phi) is 5.21. The van der Waals surface area contributed by atoms with Crippen molar-refractivity contribution in [2.24, 2.45) is 5.73 Å². The minimum Gasteiger partial charge on any atom is -0.333 e. The number of likely N-dealkylation sites (tertiary alicyclic amines) is 1. The van der Waals surface area contributed by atoms with Gasteiger partial charge in [0.05, 0.1) is 10.0 Å². The first-order valence-corrected chi connectivity index (χ1v) is 9.15. The van der Waals surface area contributed by atoms with Crippen molar-refractivity contribution in [2.45, 2.75) is 25.3 Å². The summed E-state index contributed by atoms with van der Waals surface area (Å²) in [4.78, 5) is 19.0. The van der Waals surface area contributed by atoms with E-state index in [-0.39, 0.29) is 11.9 Å². The number of thiazole rings is 1. The van der Waals surface area contributed by atoms with Crippen LogP contribution in [-0.2, 0) is 0 Å². The molecule has 2 aromatic rings. The van der Waals surface area contributed by atoms with Crippen molar-refractivity contribution in [3.63, 3.8) is 0 Å². The van der Waals surface area contributed by atoms with Crippen molar-refractivity contribution < 1.29 is 4.79 Å². The van der Waals surface area contributed by atoms with Gasteiger partial charge in [-0.05, 0) is 31.4 Å². The molecule has 1 saturated heterocycles. The monoisotopic (exact) mass is 369 g/mol. The van der Waals surface area contributed by atoms with Crippen molar-refractivity contribution >= 4 is 40.4 Å². The lowest BCUT2D eigenvalue weighted by atomic mass is 10.0. The van der Waals surface area contributed by atoms with Crippen LogP contribution in [0.1, 0.15) is 29.8 Å². The Hall–Kier alpha value is -1.14. The maximum atomic E-state index is 12.7. The summed E-state index contributed by atoms with van der Waals surface area (Å²) in [5.74, 6) is -0.0392. The Morgan fingerprint density at radius 3 is 2.91 bits per heavy atom. The quantitative estimate of drug-likeness (QED) is 0.886. The molecule has 122 valence electrons. The zero-order valence-corrected chi connectivity index (χ0v) is 14.8. The number of hydrogen-bond donors (Lipinski definition) is 1. The molecule has 1 unspecified atom stereocenters. The maximum Gasteiger partial charge on any atom is 0.273 e. The van der Waals surface area contributed by atoms with E-state index >= 15 is 0 Å². The molecule has 0 radical (unpaired) electrons. The fourth-order valence-electron chi connectivity index (χ4n) is 2.79. The lowest BCUT2D eigenvalue weighted by Gasteiger charge is -2.34. The number of aromatic nitrogens is 1. The third-order valence-corrected chi connectivity index (χ3v) is 5.68. The highest BCUT2D eigenvalue weighted by Gasteiger charge is 2.27. The highest BCUT2D eigenvalue weighted by Crippen LogP contribution is 2.31. The summed E-state index contributed by atoms with van der Waals surface area (Å²) in [7, 11) is 0. The van der Waals surface area contributed by atoms with Gasteiger partial charge in [-0.3, -0.25) is 4.79 Å². The Labute approximate surface area is 149 Å². The molecule has 1 amide bonds. The smallest absolute Gasteiger partial charge is 0.273 e. The summed E-state index contributed by atoms with van der Waals surface area (Å²) in [5.41, 5.74) is 7.13. The second kappa shape index (κ2) is 7.18. The van der Waals surface area contributed by atoms with Crippen LogP contribution < -0.4 is 5.73 Å². The number of hydrogen-bond acceptors (Lipinski definition) is 4. The Morgan fingerprint density at radius 2 is 2.17 bits per heavy atom. The van der Waals surface area contributed by atoms with Gasteiger partial charge in [0.15, 0.2) is 0 Å².